The molecule has 0 aliphatic heterocycles. The fourth-order valence-corrected chi connectivity index (χ4v) is 0.621. The summed E-state index contributed by atoms with van der Waals surface area (Å²) in [5.74, 6) is 0.429. The maximum Gasteiger partial charge on any atom is 1.00 e. The molecule has 0 atom stereocenters. The first-order valence-corrected chi connectivity index (χ1v) is 4.00. The standard InChI is InChI=1S/C7H4ClO2.C2H6.CH3.K/c8-7(9)10-6-4-2-1-3-5-6;1-2;;/h2-5H;1-2H3;1H3;/q-1;;-1;+1. The van der Waals surface area contributed by atoms with Gasteiger partial charge in [-0.15, -0.1) is 12.1 Å². The third-order valence-electron chi connectivity index (χ3n) is 0.886. The summed E-state index contributed by atoms with van der Waals surface area (Å²) < 4.78 is 4.52. The predicted octanol–water partition coefficient (Wildman–Crippen LogP) is 0.705. The molecule has 1 aromatic rings. The number of hydrogen-bond donors (Lipinski definition) is 0. The Morgan fingerprint density at radius 2 is 1.79 bits per heavy atom. The van der Waals surface area contributed by atoms with Crippen molar-refractivity contribution >= 4 is 17.0 Å². The minimum absolute atomic E-state index is 0. The molecule has 1 rings (SSSR count). The first kappa shape index (κ1) is 20.1. The summed E-state index contributed by atoms with van der Waals surface area (Å²) in [6.45, 7) is 4.00. The minimum atomic E-state index is -0.828. The van der Waals surface area contributed by atoms with E-state index in [2.05, 4.69) is 10.8 Å². The molecule has 2 nitrogen and oxygen atoms in total. The monoisotopic (exact) mass is 239 g/mol. The van der Waals surface area contributed by atoms with Crippen LogP contribution in [0.5, 0.6) is 5.75 Å². The summed E-state index contributed by atoms with van der Waals surface area (Å²) >= 11 is 4.94. The number of benzene rings is 1. The molecule has 0 N–H and O–H groups in total. The number of carbonyl (C=O) groups is 1. The van der Waals surface area contributed by atoms with Crippen LogP contribution in [0.2, 0.25) is 0 Å². The van der Waals surface area contributed by atoms with Gasteiger partial charge in [-0.25, -0.2) is 4.79 Å². The molecule has 4 heteroatoms. The molecule has 0 heterocycles. The van der Waals surface area contributed by atoms with E-state index in [0.29, 0.717) is 5.75 Å². The number of ether oxygens (including phenoxy) is 1. The van der Waals surface area contributed by atoms with Crippen LogP contribution in [0.1, 0.15) is 13.8 Å². The van der Waals surface area contributed by atoms with Gasteiger partial charge in [0.2, 0.25) is 0 Å². The van der Waals surface area contributed by atoms with Crippen molar-refractivity contribution in [2.75, 3.05) is 0 Å². The van der Waals surface area contributed by atoms with E-state index < -0.39 is 5.43 Å². The summed E-state index contributed by atoms with van der Waals surface area (Å²) in [7, 11) is 0. The van der Waals surface area contributed by atoms with Crippen LogP contribution in [0.3, 0.4) is 0 Å². The van der Waals surface area contributed by atoms with Crippen LogP contribution in [0.4, 0.5) is 4.79 Å². The van der Waals surface area contributed by atoms with Crippen LogP contribution >= 0.6 is 11.6 Å². The third-order valence-corrected chi connectivity index (χ3v) is 0.963. The minimum Gasteiger partial charge on any atom is -0.441 e. The molecule has 0 aliphatic carbocycles. The first-order valence-electron chi connectivity index (χ1n) is 3.62. The van der Waals surface area contributed by atoms with Crippen LogP contribution in [-0.2, 0) is 0 Å². The molecule has 0 bridgehead atoms. The number of halogens is 1. The fourth-order valence-electron chi connectivity index (χ4n) is 0.532. The van der Waals surface area contributed by atoms with Gasteiger partial charge in [-0.05, 0) is 0 Å². The van der Waals surface area contributed by atoms with E-state index in [4.69, 9.17) is 11.6 Å². The van der Waals surface area contributed by atoms with Crippen molar-refractivity contribution in [3.05, 3.63) is 37.8 Å². The Labute approximate surface area is 133 Å². The fraction of sp³-hybridized carbons (Fsp3) is 0.200. The Morgan fingerprint density at radius 3 is 2.14 bits per heavy atom. The Kier molecular flexibility index (Phi) is 19.5. The summed E-state index contributed by atoms with van der Waals surface area (Å²) in [5, 5.41) is 0. The van der Waals surface area contributed by atoms with E-state index in [9.17, 15) is 4.79 Å². The van der Waals surface area contributed by atoms with Gasteiger partial charge in [0.1, 0.15) is 0 Å². The molecule has 0 aromatic heterocycles. The summed E-state index contributed by atoms with van der Waals surface area (Å²) in [6.07, 6.45) is 0. The van der Waals surface area contributed by atoms with E-state index in [1.165, 1.54) is 0 Å². The van der Waals surface area contributed by atoms with Gasteiger partial charge >= 0.3 is 56.8 Å². The van der Waals surface area contributed by atoms with E-state index in [1.54, 1.807) is 24.3 Å². The molecule has 0 saturated heterocycles. The Morgan fingerprint density at radius 1 is 1.36 bits per heavy atom. The van der Waals surface area contributed by atoms with E-state index in [0.717, 1.165) is 0 Å². The van der Waals surface area contributed by atoms with Gasteiger partial charge in [0.05, 0.1) is 0 Å². The molecule has 0 amide bonds. The molecule has 74 valence electrons. The Hall–Kier alpha value is 0.616. The van der Waals surface area contributed by atoms with Crippen LogP contribution in [-0.4, -0.2) is 5.43 Å². The van der Waals surface area contributed by atoms with Crippen molar-refractivity contribution in [3.63, 3.8) is 0 Å². The van der Waals surface area contributed by atoms with Crippen molar-refractivity contribution in [2.45, 2.75) is 13.8 Å². The topological polar surface area (TPSA) is 26.3 Å². The summed E-state index contributed by atoms with van der Waals surface area (Å²) in [5.41, 5.74) is -0.828. The molecule has 0 spiro atoms. The molecule has 0 unspecified atom stereocenters. The summed E-state index contributed by atoms with van der Waals surface area (Å²) in [4.78, 5) is 10.1. The molecular formula is C10H13ClKO2-. The first-order chi connectivity index (χ1) is 5.79. The molecule has 14 heavy (non-hydrogen) atoms. The Balaban J connectivity index is -0.000000284. The molecule has 0 radical (unpaired) electrons. The SMILES string of the molecule is CC.O=C(Cl)Oc1cc[c-]cc1.[CH3-].[K+]. The maximum atomic E-state index is 10.1. The second-order valence-corrected chi connectivity index (χ2v) is 1.88. The normalized spacial score (nSPS) is 6.79. The Bertz CT molecular complexity index is 227. The zero-order valence-corrected chi connectivity index (χ0v) is 12.9. The number of hydrogen-bond acceptors (Lipinski definition) is 2. The van der Waals surface area contributed by atoms with Gasteiger partial charge in [0.15, 0.2) is 0 Å². The number of rotatable bonds is 1. The van der Waals surface area contributed by atoms with Gasteiger partial charge in [-0.1, -0.05) is 13.8 Å². The second kappa shape index (κ2) is 13.6. The average Bonchev–Trinajstić information content (AvgIpc) is 2.08. The van der Waals surface area contributed by atoms with Crippen LogP contribution in [0.15, 0.2) is 24.3 Å². The van der Waals surface area contributed by atoms with Crippen LogP contribution in [0, 0.1) is 13.5 Å². The van der Waals surface area contributed by atoms with Crippen LogP contribution in [0.25, 0.3) is 0 Å². The van der Waals surface area contributed by atoms with Crippen molar-refractivity contribution < 1.29 is 60.9 Å². The van der Waals surface area contributed by atoms with Crippen molar-refractivity contribution in [2.24, 2.45) is 0 Å². The molecule has 1 aromatic carbocycles. The van der Waals surface area contributed by atoms with E-state index in [-0.39, 0.29) is 58.8 Å². The average molecular weight is 240 g/mol. The zero-order valence-electron chi connectivity index (χ0n) is 9.00. The van der Waals surface area contributed by atoms with Crippen molar-refractivity contribution in [3.8, 4) is 5.75 Å². The van der Waals surface area contributed by atoms with E-state index >= 15 is 0 Å². The molecule has 0 aliphatic rings. The van der Waals surface area contributed by atoms with E-state index in [1.807, 2.05) is 13.8 Å². The van der Waals surface area contributed by atoms with Crippen molar-refractivity contribution in [1.29, 1.82) is 0 Å². The molecule has 0 fully saturated rings. The van der Waals surface area contributed by atoms with Crippen molar-refractivity contribution in [1.82, 2.24) is 0 Å². The van der Waals surface area contributed by atoms with Gasteiger partial charge in [0.25, 0.3) is 0 Å². The van der Waals surface area contributed by atoms with Gasteiger partial charge in [-0.2, -0.15) is 18.2 Å². The largest absolute Gasteiger partial charge is 1.00 e. The van der Waals surface area contributed by atoms with Gasteiger partial charge in [-0.3, -0.25) is 0 Å². The van der Waals surface area contributed by atoms with Gasteiger partial charge < -0.3 is 12.2 Å². The molecular weight excluding hydrogens is 227 g/mol. The second-order valence-electron chi connectivity index (χ2n) is 1.58. The quantitative estimate of drug-likeness (QED) is 0.410. The zero-order chi connectivity index (χ0) is 9.40. The number of carbonyl (C=O) groups excluding carboxylic acids is 1. The smallest absolute Gasteiger partial charge is 0.441 e. The van der Waals surface area contributed by atoms with Gasteiger partial charge in [0, 0.05) is 17.4 Å². The molecule has 0 saturated carbocycles. The third kappa shape index (κ3) is 10.7. The summed E-state index contributed by atoms with van der Waals surface area (Å²) in [6, 6.07) is 9.23. The van der Waals surface area contributed by atoms with Crippen LogP contribution < -0.4 is 56.1 Å². The maximum absolute atomic E-state index is 10.1. The predicted molar refractivity (Wildman–Crippen MR) is 54.9 cm³/mol.